The van der Waals surface area contributed by atoms with E-state index >= 15 is 0 Å². The van der Waals surface area contributed by atoms with Crippen LogP contribution in [0.5, 0.6) is 5.75 Å². The summed E-state index contributed by atoms with van der Waals surface area (Å²) in [6, 6.07) is 10.2. The molecule has 3 rings (SSSR count). The Bertz CT molecular complexity index is 832. The van der Waals surface area contributed by atoms with Gasteiger partial charge in [0.25, 0.3) is 0 Å². The Morgan fingerprint density at radius 2 is 1.85 bits per heavy atom. The van der Waals surface area contributed by atoms with E-state index in [4.69, 9.17) is 33.7 Å². The minimum atomic E-state index is -0.472. The minimum absolute atomic E-state index is 0.108. The third-order valence-electron chi connectivity index (χ3n) is 4.23. The molecule has 1 aliphatic rings. The average molecular weight is 394 g/mol. The highest BCUT2D eigenvalue weighted by molar-refractivity contribution is 6.39. The largest absolute Gasteiger partial charge is 0.497 e. The average Bonchev–Trinajstić information content (AvgIpc) is 3.01. The predicted molar refractivity (Wildman–Crippen MR) is 103 cm³/mol. The van der Waals surface area contributed by atoms with Crippen LogP contribution in [0.2, 0.25) is 10.0 Å². The second-order valence-electron chi connectivity index (χ2n) is 5.95. The molecule has 2 aromatic carbocycles. The van der Waals surface area contributed by atoms with Gasteiger partial charge in [-0.15, -0.1) is 0 Å². The number of amides is 2. The van der Waals surface area contributed by atoms with Crippen molar-refractivity contribution in [1.82, 2.24) is 0 Å². The van der Waals surface area contributed by atoms with E-state index in [2.05, 4.69) is 5.32 Å². The zero-order valence-electron chi connectivity index (χ0n) is 14.0. The van der Waals surface area contributed by atoms with Crippen LogP contribution in [0.15, 0.2) is 36.4 Å². The Balaban J connectivity index is 1.70. The van der Waals surface area contributed by atoms with Gasteiger partial charge >= 0.3 is 0 Å². The van der Waals surface area contributed by atoms with Gasteiger partial charge in [-0.25, -0.2) is 0 Å². The van der Waals surface area contributed by atoms with E-state index in [1.54, 1.807) is 36.3 Å². The second-order valence-corrected chi connectivity index (χ2v) is 6.76. The van der Waals surface area contributed by atoms with Crippen LogP contribution in [0, 0.1) is 5.92 Å². The van der Waals surface area contributed by atoms with Crippen molar-refractivity contribution < 1.29 is 14.3 Å². The fourth-order valence-corrected chi connectivity index (χ4v) is 3.28. The molecule has 1 heterocycles. The standard InChI is InChI=1S/C18H17Cl2N3O3/c1-26-13-4-2-12(3-5-13)23-9-10(6-16(23)24)18(25)22-11-7-14(19)17(21)15(20)8-11/h2-5,7-8,10H,6,9,21H2,1H3,(H,22,25). The van der Waals surface area contributed by atoms with Crippen LogP contribution in [-0.4, -0.2) is 25.5 Å². The summed E-state index contributed by atoms with van der Waals surface area (Å²) in [5.41, 5.74) is 7.11. The van der Waals surface area contributed by atoms with Crippen LogP contribution < -0.4 is 20.7 Å². The lowest BCUT2D eigenvalue weighted by atomic mass is 10.1. The molecule has 2 amide bonds. The molecule has 8 heteroatoms. The van der Waals surface area contributed by atoms with E-state index in [1.807, 2.05) is 0 Å². The number of ether oxygens (including phenoxy) is 1. The summed E-state index contributed by atoms with van der Waals surface area (Å²) < 4.78 is 5.11. The first-order valence-electron chi connectivity index (χ1n) is 7.89. The summed E-state index contributed by atoms with van der Waals surface area (Å²) in [7, 11) is 1.58. The van der Waals surface area contributed by atoms with E-state index in [0.29, 0.717) is 18.0 Å². The molecule has 1 fully saturated rings. The Morgan fingerprint density at radius 1 is 1.23 bits per heavy atom. The molecule has 1 atom stereocenters. The number of nitrogens with one attached hydrogen (secondary N) is 1. The quantitative estimate of drug-likeness (QED) is 0.777. The number of rotatable bonds is 4. The number of carbonyl (C=O) groups is 2. The first-order chi connectivity index (χ1) is 12.4. The van der Waals surface area contributed by atoms with E-state index in [0.717, 1.165) is 5.69 Å². The summed E-state index contributed by atoms with van der Waals surface area (Å²) in [5.74, 6) is -0.151. The van der Waals surface area contributed by atoms with Crippen molar-refractivity contribution in [3.63, 3.8) is 0 Å². The smallest absolute Gasteiger partial charge is 0.229 e. The van der Waals surface area contributed by atoms with Gasteiger partial charge in [0.05, 0.1) is 28.8 Å². The summed E-state index contributed by atoms with van der Waals surface area (Å²) >= 11 is 12.0. The third kappa shape index (κ3) is 3.71. The summed E-state index contributed by atoms with van der Waals surface area (Å²) in [6.07, 6.45) is 0.133. The molecule has 6 nitrogen and oxygen atoms in total. The maximum atomic E-state index is 12.5. The van der Waals surface area contributed by atoms with Crippen LogP contribution in [-0.2, 0) is 9.59 Å². The zero-order chi connectivity index (χ0) is 18.8. The van der Waals surface area contributed by atoms with Crippen LogP contribution in [0.4, 0.5) is 17.1 Å². The fraction of sp³-hybridized carbons (Fsp3) is 0.222. The number of anilines is 3. The molecule has 0 bridgehead atoms. The molecule has 0 aliphatic carbocycles. The zero-order valence-corrected chi connectivity index (χ0v) is 15.5. The molecule has 0 spiro atoms. The van der Waals surface area contributed by atoms with Gasteiger partial charge in [0, 0.05) is 24.3 Å². The summed E-state index contributed by atoms with van der Waals surface area (Å²) in [6.45, 7) is 0.299. The van der Waals surface area contributed by atoms with Crippen LogP contribution in [0.3, 0.4) is 0 Å². The van der Waals surface area contributed by atoms with E-state index < -0.39 is 5.92 Å². The number of hydrogen-bond acceptors (Lipinski definition) is 4. The van der Waals surface area contributed by atoms with Crippen molar-refractivity contribution in [2.45, 2.75) is 6.42 Å². The third-order valence-corrected chi connectivity index (χ3v) is 4.85. The van der Waals surface area contributed by atoms with E-state index in [1.165, 1.54) is 12.1 Å². The number of hydrogen-bond donors (Lipinski definition) is 2. The molecular weight excluding hydrogens is 377 g/mol. The highest BCUT2D eigenvalue weighted by Crippen LogP contribution is 2.32. The Morgan fingerprint density at radius 3 is 2.42 bits per heavy atom. The number of carbonyl (C=O) groups excluding carboxylic acids is 2. The molecular formula is C18H17Cl2N3O3. The normalized spacial score (nSPS) is 16.7. The Kier molecular flexibility index (Phi) is 5.25. The lowest BCUT2D eigenvalue weighted by molar-refractivity contribution is -0.122. The predicted octanol–water partition coefficient (Wildman–Crippen LogP) is 3.58. The molecule has 136 valence electrons. The van der Waals surface area contributed by atoms with Gasteiger partial charge < -0.3 is 20.7 Å². The SMILES string of the molecule is COc1ccc(N2CC(C(=O)Nc3cc(Cl)c(N)c(Cl)c3)CC2=O)cc1. The number of benzene rings is 2. The highest BCUT2D eigenvalue weighted by atomic mass is 35.5. The van der Waals surface area contributed by atoms with Crippen molar-refractivity contribution in [3.05, 3.63) is 46.4 Å². The maximum Gasteiger partial charge on any atom is 0.229 e. The van der Waals surface area contributed by atoms with Crippen LogP contribution >= 0.6 is 23.2 Å². The molecule has 0 saturated carbocycles. The number of methoxy groups -OCH3 is 1. The van der Waals surface area contributed by atoms with E-state index in [9.17, 15) is 9.59 Å². The lowest BCUT2D eigenvalue weighted by Crippen LogP contribution is -2.28. The molecule has 3 N–H and O–H groups in total. The molecule has 1 unspecified atom stereocenters. The molecule has 2 aromatic rings. The van der Waals surface area contributed by atoms with Crippen LogP contribution in [0.25, 0.3) is 0 Å². The highest BCUT2D eigenvalue weighted by Gasteiger charge is 2.35. The number of nitrogens with zero attached hydrogens (tertiary/aromatic N) is 1. The topological polar surface area (TPSA) is 84.7 Å². The number of halogens is 2. The van der Waals surface area contributed by atoms with Gasteiger partial charge in [-0.05, 0) is 36.4 Å². The van der Waals surface area contributed by atoms with Gasteiger partial charge in [0.2, 0.25) is 11.8 Å². The molecule has 26 heavy (non-hydrogen) atoms. The maximum absolute atomic E-state index is 12.5. The van der Waals surface area contributed by atoms with Crippen molar-refractivity contribution in [1.29, 1.82) is 0 Å². The van der Waals surface area contributed by atoms with E-state index in [-0.39, 0.29) is 34.0 Å². The van der Waals surface area contributed by atoms with Gasteiger partial charge in [-0.3, -0.25) is 9.59 Å². The first-order valence-corrected chi connectivity index (χ1v) is 8.64. The van der Waals surface area contributed by atoms with Crippen LogP contribution in [0.1, 0.15) is 6.42 Å². The van der Waals surface area contributed by atoms with Gasteiger partial charge in [-0.1, -0.05) is 23.2 Å². The Hall–Kier alpha value is -2.44. The number of nitrogen functional groups attached to an aromatic ring is 1. The molecule has 1 saturated heterocycles. The summed E-state index contributed by atoms with van der Waals surface area (Å²) in [5, 5.41) is 3.26. The first kappa shape index (κ1) is 18.4. The van der Waals surface area contributed by atoms with Gasteiger partial charge in [-0.2, -0.15) is 0 Å². The minimum Gasteiger partial charge on any atom is -0.497 e. The molecule has 0 radical (unpaired) electrons. The van der Waals surface area contributed by atoms with Crippen molar-refractivity contribution in [2.75, 3.05) is 29.6 Å². The van der Waals surface area contributed by atoms with Crippen molar-refractivity contribution >= 4 is 52.1 Å². The monoisotopic (exact) mass is 393 g/mol. The number of nitrogens with two attached hydrogens (primary N) is 1. The van der Waals surface area contributed by atoms with Crippen molar-refractivity contribution in [2.24, 2.45) is 5.92 Å². The molecule has 1 aliphatic heterocycles. The fourth-order valence-electron chi connectivity index (χ4n) is 2.80. The second kappa shape index (κ2) is 7.43. The lowest BCUT2D eigenvalue weighted by Gasteiger charge is -2.17. The summed E-state index contributed by atoms with van der Waals surface area (Å²) in [4.78, 5) is 26.4. The molecule has 0 aromatic heterocycles. The Labute approximate surface area is 160 Å². The van der Waals surface area contributed by atoms with Crippen molar-refractivity contribution in [3.8, 4) is 5.75 Å². The van der Waals surface area contributed by atoms with Gasteiger partial charge in [0.1, 0.15) is 5.75 Å². The van der Waals surface area contributed by atoms with Gasteiger partial charge in [0.15, 0.2) is 0 Å².